The van der Waals surface area contributed by atoms with E-state index in [1.165, 1.54) is 12.1 Å². The van der Waals surface area contributed by atoms with Crippen LogP contribution < -0.4 is 5.73 Å². The number of benzene rings is 1. The van der Waals surface area contributed by atoms with Crippen molar-refractivity contribution in [3.8, 4) is 0 Å². The van der Waals surface area contributed by atoms with Crippen molar-refractivity contribution in [1.29, 1.82) is 0 Å². The molecule has 0 bridgehead atoms. The van der Waals surface area contributed by atoms with Gasteiger partial charge in [-0.25, -0.2) is 4.39 Å². The van der Waals surface area contributed by atoms with Gasteiger partial charge in [-0.15, -0.1) is 0 Å². The summed E-state index contributed by atoms with van der Waals surface area (Å²) in [6, 6.07) is 7.44. The molecule has 0 aliphatic carbocycles. The highest BCUT2D eigenvalue weighted by Gasteiger charge is 2.14. The largest absolute Gasteiger partial charge is 0.459 e. The molecule has 0 saturated heterocycles. The zero-order valence-corrected chi connectivity index (χ0v) is 9.38. The summed E-state index contributed by atoms with van der Waals surface area (Å²) in [5.74, 6) is 0.276. The van der Waals surface area contributed by atoms with Crippen molar-refractivity contribution < 1.29 is 8.81 Å². The van der Waals surface area contributed by atoms with Crippen LogP contribution in [0.25, 0.3) is 11.0 Å². The minimum atomic E-state index is -0.434. The van der Waals surface area contributed by atoms with E-state index in [4.69, 9.17) is 10.2 Å². The third-order valence-corrected chi connectivity index (χ3v) is 2.77. The summed E-state index contributed by atoms with van der Waals surface area (Å²) in [6.07, 6.45) is 3.15. The number of rotatable bonds is 2. The van der Waals surface area contributed by atoms with Crippen LogP contribution in [0.5, 0.6) is 0 Å². The van der Waals surface area contributed by atoms with Crippen molar-refractivity contribution in [3.05, 3.63) is 59.9 Å². The number of hydrogen-bond acceptors (Lipinski definition) is 4. The van der Waals surface area contributed by atoms with Gasteiger partial charge >= 0.3 is 0 Å². The Morgan fingerprint density at radius 2 is 2.06 bits per heavy atom. The number of hydrogen-bond donors (Lipinski definition) is 1. The fourth-order valence-corrected chi connectivity index (χ4v) is 1.84. The lowest BCUT2D eigenvalue weighted by molar-refractivity contribution is 0.523. The van der Waals surface area contributed by atoms with Gasteiger partial charge in [-0.1, -0.05) is 0 Å². The van der Waals surface area contributed by atoms with Crippen molar-refractivity contribution in [3.63, 3.8) is 0 Å². The van der Waals surface area contributed by atoms with Gasteiger partial charge in [0.1, 0.15) is 17.2 Å². The molecule has 1 atom stereocenters. The second-order valence-electron chi connectivity index (χ2n) is 3.98. The van der Waals surface area contributed by atoms with E-state index in [9.17, 15) is 4.39 Å². The highest BCUT2D eigenvalue weighted by atomic mass is 19.1. The van der Waals surface area contributed by atoms with Crippen LogP contribution in [0.15, 0.2) is 47.1 Å². The van der Waals surface area contributed by atoms with E-state index in [2.05, 4.69) is 10.2 Å². The number of nitrogens with two attached hydrogens (primary N) is 1. The molecule has 0 fully saturated rings. The van der Waals surface area contributed by atoms with E-state index in [0.717, 1.165) is 5.56 Å². The maximum absolute atomic E-state index is 13.1. The molecule has 2 heterocycles. The summed E-state index contributed by atoms with van der Waals surface area (Å²) in [7, 11) is 0. The van der Waals surface area contributed by atoms with Crippen molar-refractivity contribution >= 4 is 11.0 Å². The average molecular weight is 243 g/mol. The second kappa shape index (κ2) is 4.19. The van der Waals surface area contributed by atoms with Gasteiger partial charge in [-0.3, -0.25) is 0 Å². The molecule has 18 heavy (non-hydrogen) atoms. The monoisotopic (exact) mass is 243 g/mol. The Balaban J connectivity index is 2.04. The summed E-state index contributed by atoms with van der Waals surface area (Å²) in [4.78, 5) is 0. The standard InChI is InChI=1S/C13H10FN3O/c14-10-1-2-11-9(5-10)6-12(18-11)13(15)8-3-4-16-17-7-8/h1-7,13H,15H2. The number of aromatic nitrogens is 2. The molecule has 3 aromatic rings. The van der Waals surface area contributed by atoms with Gasteiger partial charge in [0.25, 0.3) is 0 Å². The van der Waals surface area contributed by atoms with Crippen molar-refractivity contribution in [1.82, 2.24) is 10.2 Å². The Kier molecular flexibility index (Phi) is 2.53. The van der Waals surface area contributed by atoms with E-state index in [0.29, 0.717) is 16.7 Å². The Bertz CT molecular complexity index is 681. The third kappa shape index (κ3) is 1.84. The number of nitrogens with zero attached hydrogens (tertiary/aromatic N) is 2. The van der Waals surface area contributed by atoms with E-state index < -0.39 is 6.04 Å². The van der Waals surface area contributed by atoms with Crippen molar-refractivity contribution in [2.45, 2.75) is 6.04 Å². The Hall–Kier alpha value is -2.27. The molecule has 0 amide bonds. The molecule has 90 valence electrons. The van der Waals surface area contributed by atoms with Gasteiger partial charge in [-0.2, -0.15) is 10.2 Å². The molecule has 0 spiro atoms. The van der Waals surface area contributed by atoms with Crippen LogP contribution in [0.2, 0.25) is 0 Å². The Morgan fingerprint density at radius 3 is 2.83 bits per heavy atom. The fraction of sp³-hybridized carbons (Fsp3) is 0.0769. The van der Waals surface area contributed by atoms with Crippen LogP contribution in [0.1, 0.15) is 17.4 Å². The molecule has 0 radical (unpaired) electrons. The molecule has 5 heteroatoms. The first-order valence-electron chi connectivity index (χ1n) is 5.45. The van der Waals surface area contributed by atoms with E-state index in [-0.39, 0.29) is 5.82 Å². The summed E-state index contributed by atoms with van der Waals surface area (Å²) >= 11 is 0. The van der Waals surface area contributed by atoms with Gasteiger partial charge < -0.3 is 10.2 Å². The summed E-state index contributed by atoms with van der Waals surface area (Å²) in [6.45, 7) is 0. The summed E-state index contributed by atoms with van der Waals surface area (Å²) in [5, 5.41) is 8.15. The first-order chi connectivity index (χ1) is 8.74. The predicted octanol–water partition coefficient (Wildman–Crippen LogP) is 2.41. The molecule has 2 aromatic heterocycles. The van der Waals surface area contributed by atoms with Crippen LogP contribution in [-0.4, -0.2) is 10.2 Å². The highest BCUT2D eigenvalue weighted by molar-refractivity contribution is 5.78. The summed E-state index contributed by atoms with van der Waals surface area (Å²) in [5.41, 5.74) is 7.47. The van der Waals surface area contributed by atoms with E-state index >= 15 is 0 Å². The van der Waals surface area contributed by atoms with E-state index in [1.54, 1.807) is 30.6 Å². The zero-order chi connectivity index (χ0) is 12.5. The average Bonchev–Trinajstić information content (AvgIpc) is 2.81. The van der Waals surface area contributed by atoms with Gasteiger partial charge in [0.15, 0.2) is 0 Å². The quantitative estimate of drug-likeness (QED) is 0.750. The Morgan fingerprint density at radius 1 is 1.17 bits per heavy atom. The first kappa shape index (κ1) is 10.9. The van der Waals surface area contributed by atoms with Crippen LogP contribution in [0, 0.1) is 5.82 Å². The van der Waals surface area contributed by atoms with E-state index in [1.807, 2.05) is 0 Å². The fourth-order valence-electron chi connectivity index (χ4n) is 1.84. The Labute approximate surface area is 102 Å². The molecule has 0 aliphatic heterocycles. The molecule has 1 aromatic carbocycles. The minimum absolute atomic E-state index is 0.297. The lowest BCUT2D eigenvalue weighted by Gasteiger charge is -2.06. The topological polar surface area (TPSA) is 64.9 Å². The first-order valence-corrected chi connectivity index (χ1v) is 5.45. The van der Waals surface area contributed by atoms with Gasteiger partial charge in [0.05, 0.1) is 12.2 Å². The van der Waals surface area contributed by atoms with Crippen LogP contribution in [0.3, 0.4) is 0 Å². The van der Waals surface area contributed by atoms with Gasteiger partial charge in [0.2, 0.25) is 0 Å². The van der Waals surface area contributed by atoms with Gasteiger partial charge in [-0.05, 0) is 35.9 Å². The summed E-state index contributed by atoms with van der Waals surface area (Å²) < 4.78 is 18.7. The third-order valence-electron chi connectivity index (χ3n) is 2.77. The lowest BCUT2D eigenvalue weighted by atomic mass is 10.1. The molecule has 1 unspecified atom stereocenters. The normalized spacial score (nSPS) is 12.8. The molecule has 0 aliphatic rings. The maximum Gasteiger partial charge on any atom is 0.134 e. The minimum Gasteiger partial charge on any atom is -0.459 e. The molecule has 4 nitrogen and oxygen atoms in total. The molecular weight excluding hydrogens is 233 g/mol. The maximum atomic E-state index is 13.1. The molecule has 0 saturated carbocycles. The second-order valence-corrected chi connectivity index (χ2v) is 3.98. The smallest absolute Gasteiger partial charge is 0.134 e. The molecule has 3 rings (SSSR count). The lowest BCUT2D eigenvalue weighted by Crippen LogP contribution is -2.11. The molecule has 2 N–H and O–H groups in total. The van der Waals surface area contributed by atoms with Gasteiger partial charge in [0, 0.05) is 11.6 Å². The zero-order valence-electron chi connectivity index (χ0n) is 9.38. The highest BCUT2D eigenvalue weighted by Crippen LogP contribution is 2.26. The van der Waals surface area contributed by atoms with Crippen LogP contribution >= 0.6 is 0 Å². The van der Waals surface area contributed by atoms with Crippen molar-refractivity contribution in [2.24, 2.45) is 5.73 Å². The SMILES string of the molecule is NC(c1ccnnc1)c1cc2cc(F)ccc2o1. The number of furan rings is 1. The number of fused-ring (bicyclic) bond motifs is 1. The van der Waals surface area contributed by atoms with Crippen molar-refractivity contribution in [2.75, 3.05) is 0 Å². The predicted molar refractivity (Wildman–Crippen MR) is 64.2 cm³/mol. The number of halogens is 1. The molecular formula is C13H10FN3O. The van der Waals surface area contributed by atoms with Crippen LogP contribution in [-0.2, 0) is 0 Å². The van der Waals surface area contributed by atoms with Crippen LogP contribution in [0.4, 0.5) is 4.39 Å².